The number of esters is 1. The van der Waals surface area contributed by atoms with Gasteiger partial charge in [-0.2, -0.15) is 11.8 Å². The van der Waals surface area contributed by atoms with Gasteiger partial charge in [0, 0.05) is 18.4 Å². The first kappa shape index (κ1) is 13.8. The van der Waals surface area contributed by atoms with Gasteiger partial charge in [0.05, 0.1) is 7.11 Å². The number of carbonyl (C=O) groups is 1. The SMILES string of the molecule is COC(=O)c1cc(NCCCCSC)ccn1. The molecule has 0 unspecified atom stereocenters. The fraction of sp³-hybridized carbons (Fsp3) is 0.500. The molecule has 0 radical (unpaired) electrons. The summed E-state index contributed by atoms with van der Waals surface area (Å²) >= 11 is 1.86. The summed E-state index contributed by atoms with van der Waals surface area (Å²) in [5.41, 5.74) is 1.24. The zero-order valence-corrected chi connectivity index (χ0v) is 11.0. The number of ether oxygens (including phenoxy) is 1. The molecule has 0 aliphatic rings. The van der Waals surface area contributed by atoms with E-state index in [0.717, 1.165) is 18.7 Å². The van der Waals surface area contributed by atoms with Gasteiger partial charge in [-0.3, -0.25) is 0 Å². The summed E-state index contributed by atoms with van der Waals surface area (Å²) in [5.74, 6) is 0.779. The first-order chi connectivity index (χ1) is 8.27. The predicted molar refractivity (Wildman–Crippen MR) is 71.7 cm³/mol. The second kappa shape index (κ2) is 7.95. The van der Waals surface area contributed by atoms with E-state index in [1.807, 2.05) is 17.8 Å². The van der Waals surface area contributed by atoms with E-state index < -0.39 is 5.97 Å². The molecule has 1 aromatic heterocycles. The molecule has 0 aliphatic heterocycles. The maximum atomic E-state index is 11.3. The van der Waals surface area contributed by atoms with Crippen molar-refractivity contribution in [3.8, 4) is 0 Å². The summed E-state index contributed by atoms with van der Waals surface area (Å²) in [6, 6.07) is 3.56. The summed E-state index contributed by atoms with van der Waals surface area (Å²) in [6.07, 6.45) is 6.04. The quantitative estimate of drug-likeness (QED) is 0.598. The van der Waals surface area contributed by atoms with Crippen LogP contribution in [0.1, 0.15) is 23.3 Å². The van der Waals surface area contributed by atoms with Crippen LogP contribution in [0.15, 0.2) is 18.3 Å². The lowest BCUT2D eigenvalue weighted by Crippen LogP contribution is -2.07. The molecular formula is C12H18N2O2S. The lowest BCUT2D eigenvalue weighted by Gasteiger charge is -2.06. The van der Waals surface area contributed by atoms with Crippen LogP contribution < -0.4 is 5.32 Å². The van der Waals surface area contributed by atoms with E-state index >= 15 is 0 Å². The fourth-order valence-electron chi connectivity index (χ4n) is 1.36. The Labute approximate surface area is 106 Å². The van der Waals surface area contributed by atoms with Crippen molar-refractivity contribution < 1.29 is 9.53 Å². The van der Waals surface area contributed by atoms with E-state index in [1.54, 1.807) is 12.3 Å². The van der Waals surface area contributed by atoms with Crippen LogP contribution in [0, 0.1) is 0 Å². The van der Waals surface area contributed by atoms with Crippen molar-refractivity contribution in [2.24, 2.45) is 0 Å². The number of nitrogens with one attached hydrogen (secondary N) is 1. The van der Waals surface area contributed by atoms with Crippen LogP contribution in [-0.4, -0.2) is 36.6 Å². The van der Waals surface area contributed by atoms with E-state index in [4.69, 9.17) is 0 Å². The predicted octanol–water partition coefficient (Wildman–Crippen LogP) is 2.42. The minimum Gasteiger partial charge on any atom is -0.464 e. The zero-order valence-electron chi connectivity index (χ0n) is 10.2. The molecule has 0 saturated carbocycles. The highest BCUT2D eigenvalue weighted by atomic mass is 32.2. The molecule has 0 aliphatic carbocycles. The smallest absolute Gasteiger partial charge is 0.356 e. The number of hydrogen-bond donors (Lipinski definition) is 1. The van der Waals surface area contributed by atoms with Crippen LogP contribution in [0.5, 0.6) is 0 Å². The lowest BCUT2D eigenvalue weighted by molar-refractivity contribution is 0.0594. The lowest BCUT2D eigenvalue weighted by atomic mass is 10.3. The number of aromatic nitrogens is 1. The van der Waals surface area contributed by atoms with Gasteiger partial charge in [0.2, 0.25) is 0 Å². The van der Waals surface area contributed by atoms with E-state index in [-0.39, 0.29) is 0 Å². The molecule has 0 fully saturated rings. The van der Waals surface area contributed by atoms with Gasteiger partial charge in [0.1, 0.15) is 5.69 Å². The Morgan fingerprint density at radius 3 is 3.06 bits per heavy atom. The molecule has 4 nitrogen and oxygen atoms in total. The number of hydrogen-bond acceptors (Lipinski definition) is 5. The number of methoxy groups -OCH3 is 1. The highest BCUT2D eigenvalue weighted by Gasteiger charge is 2.06. The topological polar surface area (TPSA) is 51.2 Å². The summed E-state index contributed by atoms with van der Waals surface area (Å²) in [4.78, 5) is 15.2. The average Bonchev–Trinajstić information content (AvgIpc) is 2.38. The third-order valence-corrected chi connectivity index (χ3v) is 2.96. The van der Waals surface area contributed by atoms with E-state index in [2.05, 4.69) is 21.3 Å². The summed E-state index contributed by atoms with van der Waals surface area (Å²) in [7, 11) is 1.35. The van der Waals surface area contributed by atoms with Crippen LogP contribution in [0.3, 0.4) is 0 Å². The van der Waals surface area contributed by atoms with Crippen LogP contribution >= 0.6 is 11.8 Å². The van der Waals surface area contributed by atoms with Gasteiger partial charge >= 0.3 is 5.97 Å². The van der Waals surface area contributed by atoms with Crippen molar-refractivity contribution in [2.75, 3.05) is 31.0 Å². The molecule has 0 bridgehead atoms. The van der Waals surface area contributed by atoms with Crippen molar-refractivity contribution >= 4 is 23.4 Å². The number of anilines is 1. The fourth-order valence-corrected chi connectivity index (χ4v) is 1.85. The molecule has 5 heteroatoms. The van der Waals surface area contributed by atoms with Crippen molar-refractivity contribution in [3.63, 3.8) is 0 Å². The summed E-state index contributed by atoms with van der Waals surface area (Å²) < 4.78 is 4.62. The molecule has 0 atom stereocenters. The van der Waals surface area contributed by atoms with Gasteiger partial charge < -0.3 is 10.1 Å². The van der Waals surface area contributed by atoms with Gasteiger partial charge in [0.15, 0.2) is 0 Å². The first-order valence-corrected chi connectivity index (χ1v) is 6.94. The Morgan fingerprint density at radius 1 is 1.53 bits per heavy atom. The molecule has 17 heavy (non-hydrogen) atoms. The minimum absolute atomic E-state index is 0.335. The van der Waals surface area contributed by atoms with Crippen molar-refractivity contribution in [3.05, 3.63) is 24.0 Å². The first-order valence-electron chi connectivity index (χ1n) is 5.55. The minimum atomic E-state index is -0.406. The number of thioether (sulfide) groups is 1. The van der Waals surface area contributed by atoms with E-state index in [9.17, 15) is 4.79 Å². The molecule has 0 aromatic carbocycles. The van der Waals surface area contributed by atoms with Gasteiger partial charge in [-0.25, -0.2) is 9.78 Å². The van der Waals surface area contributed by atoms with Crippen LogP contribution in [0.4, 0.5) is 5.69 Å². The Morgan fingerprint density at radius 2 is 2.35 bits per heavy atom. The maximum Gasteiger partial charge on any atom is 0.356 e. The average molecular weight is 254 g/mol. The molecule has 94 valence electrons. The Bertz CT molecular complexity index is 358. The largest absolute Gasteiger partial charge is 0.464 e. The number of rotatable bonds is 7. The normalized spacial score (nSPS) is 10.0. The molecule has 0 saturated heterocycles. The van der Waals surface area contributed by atoms with Crippen LogP contribution in [0.2, 0.25) is 0 Å². The highest BCUT2D eigenvalue weighted by Crippen LogP contribution is 2.09. The molecule has 0 spiro atoms. The molecular weight excluding hydrogens is 236 g/mol. The number of carbonyl (C=O) groups excluding carboxylic acids is 1. The molecule has 1 N–H and O–H groups in total. The third kappa shape index (κ3) is 5.08. The molecule has 1 heterocycles. The van der Waals surface area contributed by atoms with Crippen molar-refractivity contribution in [1.82, 2.24) is 4.98 Å². The Kier molecular flexibility index (Phi) is 6.47. The molecule has 0 amide bonds. The Balaban J connectivity index is 2.40. The summed E-state index contributed by atoms with van der Waals surface area (Å²) in [6.45, 7) is 0.908. The van der Waals surface area contributed by atoms with Gasteiger partial charge in [-0.15, -0.1) is 0 Å². The number of unbranched alkanes of at least 4 members (excludes halogenated alkanes) is 1. The standard InChI is InChI=1S/C12H18N2O2S/c1-16-12(15)11-9-10(5-7-14-11)13-6-3-4-8-17-2/h5,7,9H,3-4,6,8H2,1-2H3,(H,13,14). The monoisotopic (exact) mass is 254 g/mol. The second-order valence-corrected chi connectivity index (χ2v) is 4.53. The Hall–Kier alpha value is -1.23. The highest BCUT2D eigenvalue weighted by molar-refractivity contribution is 7.98. The molecule has 1 aromatic rings. The van der Waals surface area contributed by atoms with Gasteiger partial charge in [0.25, 0.3) is 0 Å². The second-order valence-electron chi connectivity index (χ2n) is 3.55. The maximum absolute atomic E-state index is 11.3. The van der Waals surface area contributed by atoms with Crippen molar-refractivity contribution in [2.45, 2.75) is 12.8 Å². The number of nitrogens with zero attached hydrogens (tertiary/aromatic N) is 1. The molecule has 1 rings (SSSR count). The number of pyridine rings is 1. The van der Waals surface area contributed by atoms with Crippen molar-refractivity contribution in [1.29, 1.82) is 0 Å². The zero-order chi connectivity index (χ0) is 12.5. The van der Waals surface area contributed by atoms with Gasteiger partial charge in [-0.1, -0.05) is 0 Å². The van der Waals surface area contributed by atoms with Crippen LogP contribution in [-0.2, 0) is 4.74 Å². The van der Waals surface area contributed by atoms with E-state index in [0.29, 0.717) is 5.69 Å². The van der Waals surface area contributed by atoms with E-state index in [1.165, 1.54) is 19.3 Å². The summed E-state index contributed by atoms with van der Waals surface area (Å²) in [5, 5.41) is 3.27. The van der Waals surface area contributed by atoms with Crippen LogP contribution in [0.25, 0.3) is 0 Å². The van der Waals surface area contributed by atoms with Gasteiger partial charge in [-0.05, 0) is 37.0 Å². The third-order valence-electron chi connectivity index (χ3n) is 2.26.